The van der Waals surface area contributed by atoms with Gasteiger partial charge in [0.15, 0.2) is 5.03 Å². The molecule has 0 aliphatic carbocycles. The highest BCUT2D eigenvalue weighted by molar-refractivity contribution is 7.92. The van der Waals surface area contributed by atoms with Crippen LogP contribution in [-0.2, 0) is 27.1 Å². The summed E-state index contributed by atoms with van der Waals surface area (Å²) in [6.45, 7) is 0.521. The Morgan fingerprint density at radius 2 is 1.67 bits per heavy atom. The molecule has 1 aliphatic rings. The minimum absolute atomic E-state index is 0.00639. The van der Waals surface area contributed by atoms with Crippen LogP contribution >= 0.6 is 0 Å². The molecular weight excluding hydrogens is 602 g/mol. The molecule has 6 rings (SSSR count). The molecule has 1 aliphatic heterocycles. The molecule has 0 saturated carbocycles. The van der Waals surface area contributed by atoms with E-state index in [-0.39, 0.29) is 40.6 Å². The highest BCUT2D eigenvalue weighted by Gasteiger charge is 2.32. The zero-order valence-corrected chi connectivity index (χ0v) is 24.4. The van der Waals surface area contributed by atoms with Crippen LogP contribution in [0.2, 0.25) is 0 Å². The number of nitrogens with zero attached hydrogens (tertiary/aromatic N) is 6. The zero-order valence-electron chi connectivity index (χ0n) is 22.7. The van der Waals surface area contributed by atoms with Gasteiger partial charge in [0.25, 0.3) is 20.0 Å². The second-order valence-electron chi connectivity index (χ2n) is 10.2. The quantitative estimate of drug-likeness (QED) is 0.277. The summed E-state index contributed by atoms with van der Waals surface area (Å²) in [6.07, 6.45) is 6.97. The van der Waals surface area contributed by atoms with Gasteiger partial charge in [0.05, 0.1) is 22.3 Å². The van der Waals surface area contributed by atoms with Crippen molar-refractivity contribution in [3.8, 4) is 11.1 Å². The van der Waals surface area contributed by atoms with E-state index in [2.05, 4.69) is 19.7 Å². The van der Waals surface area contributed by atoms with Crippen LogP contribution in [0.15, 0.2) is 77.4 Å². The standard InChI is InChI=1S/C27H26F2N8O4S2/c1-35-14-24(33-16-35)43(40,41)36-10-8-19(9-11-36)37-13-21(25-26(30)31-15-32-27(25)37)17-2-7-23(22(29)12-17)34-42(38,39)20-5-3-18(28)4-6-20/h2-7,12-16,19,34H,8-11H2,1H3,(H2,30,31,32). The molecule has 43 heavy (non-hydrogen) atoms. The van der Waals surface area contributed by atoms with E-state index in [1.54, 1.807) is 23.9 Å². The third-order valence-electron chi connectivity index (χ3n) is 7.39. The van der Waals surface area contributed by atoms with Crippen molar-refractivity contribution in [3.05, 3.63) is 79.1 Å². The summed E-state index contributed by atoms with van der Waals surface area (Å²) in [4.78, 5) is 12.3. The number of imidazole rings is 1. The summed E-state index contributed by atoms with van der Waals surface area (Å²) in [6, 6.07) is 8.04. The first-order chi connectivity index (χ1) is 20.4. The largest absolute Gasteiger partial charge is 0.383 e. The summed E-state index contributed by atoms with van der Waals surface area (Å²) >= 11 is 0. The lowest BCUT2D eigenvalue weighted by molar-refractivity contribution is 0.277. The molecule has 3 N–H and O–H groups in total. The predicted octanol–water partition coefficient (Wildman–Crippen LogP) is 3.52. The van der Waals surface area contributed by atoms with Gasteiger partial charge in [0.1, 0.15) is 29.4 Å². The Balaban J connectivity index is 1.28. The summed E-state index contributed by atoms with van der Waals surface area (Å²) in [5.74, 6) is -1.26. The van der Waals surface area contributed by atoms with Gasteiger partial charge in [0.2, 0.25) is 0 Å². The molecule has 3 aromatic heterocycles. The molecule has 5 aromatic rings. The second kappa shape index (κ2) is 10.7. The van der Waals surface area contributed by atoms with E-state index in [0.717, 1.165) is 24.3 Å². The van der Waals surface area contributed by atoms with Gasteiger partial charge in [-0.05, 0) is 54.8 Å². The van der Waals surface area contributed by atoms with E-state index in [9.17, 15) is 21.2 Å². The van der Waals surface area contributed by atoms with Crippen LogP contribution in [0.25, 0.3) is 22.2 Å². The average Bonchev–Trinajstić information content (AvgIpc) is 3.60. The van der Waals surface area contributed by atoms with Crippen molar-refractivity contribution in [2.45, 2.75) is 28.8 Å². The van der Waals surface area contributed by atoms with Gasteiger partial charge in [-0.15, -0.1) is 0 Å². The van der Waals surface area contributed by atoms with Crippen LogP contribution in [0.3, 0.4) is 0 Å². The normalized spacial score (nSPS) is 15.2. The summed E-state index contributed by atoms with van der Waals surface area (Å²) in [7, 11) is -6.20. The van der Waals surface area contributed by atoms with E-state index in [0.29, 0.717) is 35.0 Å². The molecule has 12 nitrogen and oxygen atoms in total. The van der Waals surface area contributed by atoms with Gasteiger partial charge in [-0.1, -0.05) is 6.07 Å². The lowest BCUT2D eigenvalue weighted by Crippen LogP contribution is -2.39. The number of hydrogen-bond acceptors (Lipinski definition) is 8. The fraction of sp³-hybridized carbons (Fsp3) is 0.222. The van der Waals surface area contributed by atoms with Gasteiger partial charge >= 0.3 is 0 Å². The molecule has 0 unspecified atom stereocenters. The maximum Gasteiger partial charge on any atom is 0.262 e. The van der Waals surface area contributed by atoms with Crippen molar-refractivity contribution >= 4 is 42.6 Å². The Bertz CT molecular complexity index is 2050. The van der Waals surface area contributed by atoms with Crippen molar-refractivity contribution < 1.29 is 25.6 Å². The average molecular weight is 629 g/mol. The molecule has 0 bridgehead atoms. The van der Waals surface area contributed by atoms with E-state index in [1.165, 1.54) is 35.3 Å². The lowest BCUT2D eigenvalue weighted by atomic mass is 10.1. The van der Waals surface area contributed by atoms with Gasteiger partial charge < -0.3 is 14.9 Å². The number of aromatic nitrogens is 5. The molecule has 1 saturated heterocycles. The number of piperidine rings is 1. The number of sulfonamides is 2. The number of hydrogen-bond donors (Lipinski definition) is 2. The molecule has 16 heteroatoms. The molecule has 0 spiro atoms. The molecule has 2 aromatic carbocycles. The molecule has 1 fully saturated rings. The van der Waals surface area contributed by atoms with E-state index in [4.69, 9.17) is 5.73 Å². The number of fused-ring (bicyclic) bond motifs is 1. The van der Waals surface area contributed by atoms with E-state index >= 15 is 4.39 Å². The number of nitrogen functional groups attached to an aromatic ring is 1. The summed E-state index contributed by atoms with van der Waals surface area (Å²) in [5, 5.41) is 0.484. The molecule has 0 radical (unpaired) electrons. The number of benzene rings is 2. The van der Waals surface area contributed by atoms with Crippen molar-refractivity contribution in [1.29, 1.82) is 0 Å². The Hall–Kier alpha value is -4.41. The fourth-order valence-corrected chi connectivity index (χ4v) is 7.71. The highest BCUT2D eigenvalue weighted by atomic mass is 32.2. The van der Waals surface area contributed by atoms with E-state index < -0.39 is 31.7 Å². The molecule has 4 heterocycles. The fourth-order valence-electron chi connectivity index (χ4n) is 5.20. The van der Waals surface area contributed by atoms with Gasteiger partial charge in [-0.2, -0.15) is 4.31 Å². The maximum atomic E-state index is 15.3. The van der Waals surface area contributed by atoms with Crippen LogP contribution in [0.1, 0.15) is 18.9 Å². The molecule has 0 atom stereocenters. The molecule has 224 valence electrons. The summed E-state index contributed by atoms with van der Waals surface area (Å²) < 4.78 is 87.1. The Morgan fingerprint density at radius 1 is 0.953 bits per heavy atom. The third-order valence-corrected chi connectivity index (χ3v) is 10.6. The maximum absolute atomic E-state index is 15.3. The van der Waals surface area contributed by atoms with Crippen molar-refractivity contribution in [2.75, 3.05) is 23.5 Å². The van der Waals surface area contributed by atoms with Crippen LogP contribution in [0.5, 0.6) is 0 Å². The minimum Gasteiger partial charge on any atom is -0.383 e. The highest BCUT2D eigenvalue weighted by Crippen LogP contribution is 2.38. The number of nitrogens with one attached hydrogen (secondary N) is 1. The molecule has 0 amide bonds. The Labute approximate surface area is 245 Å². The van der Waals surface area contributed by atoms with Gasteiger partial charge in [0, 0.05) is 44.1 Å². The number of anilines is 2. The van der Waals surface area contributed by atoms with Crippen molar-refractivity contribution in [1.82, 2.24) is 28.4 Å². The first-order valence-corrected chi connectivity index (χ1v) is 16.0. The molecular formula is C27H26F2N8O4S2. The lowest BCUT2D eigenvalue weighted by Gasteiger charge is -2.31. The topological polar surface area (TPSA) is 158 Å². The van der Waals surface area contributed by atoms with Crippen LogP contribution < -0.4 is 10.5 Å². The van der Waals surface area contributed by atoms with Crippen molar-refractivity contribution in [3.63, 3.8) is 0 Å². The Morgan fingerprint density at radius 3 is 2.33 bits per heavy atom. The van der Waals surface area contributed by atoms with Crippen LogP contribution in [0.4, 0.5) is 20.3 Å². The minimum atomic E-state index is -4.17. The zero-order chi connectivity index (χ0) is 30.5. The number of nitrogens with two attached hydrogens (primary N) is 1. The summed E-state index contributed by atoms with van der Waals surface area (Å²) in [5.41, 5.74) is 7.39. The predicted molar refractivity (Wildman–Crippen MR) is 155 cm³/mol. The van der Waals surface area contributed by atoms with E-state index in [1.807, 2.05) is 4.57 Å². The number of halogens is 2. The number of aryl methyl sites for hydroxylation is 1. The number of rotatable bonds is 7. The Kier molecular flexibility index (Phi) is 7.14. The van der Waals surface area contributed by atoms with Gasteiger partial charge in [-0.25, -0.2) is 40.6 Å². The second-order valence-corrected chi connectivity index (χ2v) is 13.7. The van der Waals surface area contributed by atoms with Gasteiger partial charge in [-0.3, -0.25) is 4.72 Å². The first kappa shape index (κ1) is 28.7. The first-order valence-electron chi connectivity index (χ1n) is 13.1. The van der Waals surface area contributed by atoms with Crippen molar-refractivity contribution in [2.24, 2.45) is 7.05 Å². The SMILES string of the molecule is Cn1cnc(S(=O)(=O)N2CCC(n3cc(-c4ccc(NS(=O)(=O)c5ccc(F)cc5)c(F)c4)c4c(N)ncnc43)CC2)c1. The van der Waals surface area contributed by atoms with Crippen LogP contribution in [-0.4, -0.2) is 58.3 Å². The third kappa shape index (κ3) is 5.32. The van der Waals surface area contributed by atoms with Crippen LogP contribution in [0, 0.1) is 11.6 Å². The monoisotopic (exact) mass is 628 g/mol. The smallest absolute Gasteiger partial charge is 0.262 e.